The predicted octanol–water partition coefficient (Wildman–Crippen LogP) is 1.56. The van der Waals surface area contributed by atoms with Crippen molar-refractivity contribution in [3.05, 3.63) is 11.8 Å². The van der Waals surface area contributed by atoms with Crippen LogP contribution in [0.25, 0.3) is 0 Å². The van der Waals surface area contributed by atoms with Crippen LogP contribution in [0.4, 0.5) is 5.00 Å². The Morgan fingerprint density at radius 3 is 2.82 bits per heavy atom. The Morgan fingerprint density at radius 2 is 2.18 bits per heavy atom. The summed E-state index contributed by atoms with van der Waals surface area (Å²) in [6, 6.07) is 0. The maximum absolute atomic E-state index is 12.6. The molecule has 1 N–H and O–H groups in total. The summed E-state index contributed by atoms with van der Waals surface area (Å²) in [5, 5.41) is 4.38. The fourth-order valence-corrected chi connectivity index (χ4v) is 3.71. The molecule has 2 saturated heterocycles. The molecule has 0 aliphatic carbocycles. The molecule has 0 bridgehead atoms. The largest absolute Gasteiger partial charge is 0.317 e. The Hall–Kier alpha value is -0.940. The van der Waals surface area contributed by atoms with E-state index in [4.69, 9.17) is 0 Å². The van der Waals surface area contributed by atoms with Crippen LogP contribution in [0, 0.1) is 12.3 Å². The molecule has 92 valence electrons. The van der Waals surface area contributed by atoms with Crippen molar-refractivity contribution in [3.8, 4) is 0 Å². The van der Waals surface area contributed by atoms with Crippen LogP contribution < -0.4 is 10.2 Å². The number of amides is 1. The van der Waals surface area contributed by atoms with Crippen molar-refractivity contribution < 1.29 is 4.79 Å². The normalized spacial score (nSPS) is 23.6. The third-order valence-electron chi connectivity index (χ3n) is 4.04. The van der Waals surface area contributed by atoms with E-state index in [0.29, 0.717) is 5.91 Å². The lowest BCUT2D eigenvalue weighted by Crippen LogP contribution is -2.42. The lowest BCUT2D eigenvalue weighted by Gasteiger charge is -2.31. The van der Waals surface area contributed by atoms with E-state index in [1.165, 1.54) is 11.5 Å². The van der Waals surface area contributed by atoms with Gasteiger partial charge in [0.15, 0.2) is 0 Å². The van der Waals surface area contributed by atoms with Crippen LogP contribution in [-0.2, 0) is 4.79 Å². The zero-order valence-electron chi connectivity index (χ0n) is 10.0. The number of hydrogen-bond acceptors (Lipinski definition) is 4. The molecule has 2 fully saturated rings. The van der Waals surface area contributed by atoms with Crippen molar-refractivity contribution in [3.63, 3.8) is 0 Å². The molecule has 0 saturated carbocycles. The van der Waals surface area contributed by atoms with Gasteiger partial charge in [-0.2, -0.15) is 4.37 Å². The second kappa shape index (κ2) is 4.07. The minimum Gasteiger partial charge on any atom is -0.317 e. The molecule has 0 unspecified atom stereocenters. The van der Waals surface area contributed by atoms with E-state index < -0.39 is 0 Å². The Balaban J connectivity index is 1.87. The molecule has 1 aromatic heterocycles. The highest BCUT2D eigenvalue weighted by atomic mass is 32.1. The van der Waals surface area contributed by atoms with Crippen molar-refractivity contribution in [1.29, 1.82) is 0 Å². The average molecular weight is 251 g/mol. The highest BCUT2D eigenvalue weighted by molar-refractivity contribution is 7.10. The zero-order valence-corrected chi connectivity index (χ0v) is 10.8. The van der Waals surface area contributed by atoms with Gasteiger partial charge in [0.05, 0.1) is 5.41 Å². The standard InChI is InChI=1S/C12H17N3OS/c1-9-8-14-17-10(9)15-7-4-12(11(15)16)2-5-13-6-3-12/h8,13H,2-7H2,1H3. The summed E-state index contributed by atoms with van der Waals surface area (Å²) in [5.41, 5.74) is 1.04. The SMILES string of the molecule is Cc1cnsc1N1CCC2(CCNCC2)C1=O. The van der Waals surface area contributed by atoms with Gasteiger partial charge in [-0.25, -0.2) is 0 Å². The zero-order chi connectivity index (χ0) is 11.9. The van der Waals surface area contributed by atoms with Gasteiger partial charge < -0.3 is 10.2 Å². The first-order chi connectivity index (χ1) is 8.23. The summed E-state index contributed by atoms with van der Waals surface area (Å²) in [5.74, 6) is 0.325. The lowest BCUT2D eigenvalue weighted by atomic mass is 9.78. The van der Waals surface area contributed by atoms with Gasteiger partial charge in [0.25, 0.3) is 0 Å². The first-order valence-corrected chi connectivity index (χ1v) is 6.94. The molecule has 0 atom stereocenters. The van der Waals surface area contributed by atoms with E-state index in [1.54, 1.807) is 0 Å². The van der Waals surface area contributed by atoms with Crippen molar-refractivity contribution in [2.24, 2.45) is 5.41 Å². The molecule has 4 nitrogen and oxygen atoms in total. The van der Waals surface area contributed by atoms with Gasteiger partial charge in [-0.1, -0.05) is 0 Å². The maximum atomic E-state index is 12.6. The number of aromatic nitrogens is 1. The van der Waals surface area contributed by atoms with E-state index in [-0.39, 0.29) is 5.41 Å². The van der Waals surface area contributed by atoms with Crippen LogP contribution in [0.15, 0.2) is 6.20 Å². The summed E-state index contributed by atoms with van der Waals surface area (Å²) < 4.78 is 4.17. The third-order valence-corrected chi connectivity index (χ3v) is 4.97. The maximum Gasteiger partial charge on any atom is 0.234 e. The van der Waals surface area contributed by atoms with Crippen LogP contribution in [0.1, 0.15) is 24.8 Å². The summed E-state index contributed by atoms with van der Waals surface area (Å²) in [7, 11) is 0. The molecular formula is C12H17N3OS. The molecular weight excluding hydrogens is 234 g/mol. The van der Waals surface area contributed by atoms with Gasteiger partial charge in [0.1, 0.15) is 5.00 Å². The highest BCUT2D eigenvalue weighted by Crippen LogP contribution is 2.43. The van der Waals surface area contributed by atoms with Gasteiger partial charge in [0, 0.05) is 18.3 Å². The molecule has 3 rings (SSSR count). The smallest absolute Gasteiger partial charge is 0.234 e. The van der Waals surface area contributed by atoms with E-state index in [9.17, 15) is 4.79 Å². The van der Waals surface area contributed by atoms with Gasteiger partial charge in [-0.3, -0.25) is 4.79 Å². The minimum atomic E-state index is -0.0817. The quantitative estimate of drug-likeness (QED) is 0.824. The number of aryl methyl sites for hydroxylation is 1. The topological polar surface area (TPSA) is 45.2 Å². The number of nitrogens with zero attached hydrogens (tertiary/aromatic N) is 2. The van der Waals surface area contributed by atoms with E-state index in [1.807, 2.05) is 18.0 Å². The molecule has 0 radical (unpaired) electrons. The van der Waals surface area contributed by atoms with Crippen molar-refractivity contribution >= 4 is 22.4 Å². The molecule has 17 heavy (non-hydrogen) atoms. The lowest BCUT2D eigenvalue weighted by molar-refractivity contribution is -0.126. The molecule has 2 aliphatic rings. The summed E-state index contributed by atoms with van der Waals surface area (Å²) >= 11 is 1.44. The Kier molecular flexibility index (Phi) is 2.67. The number of nitrogens with one attached hydrogen (secondary N) is 1. The molecule has 1 spiro atoms. The fourth-order valence-electron chi connectivity index (χ4n) is 2.93. The Labute approximate surface area is 105 Å². The van der Waals surface area contributed by atoms with Gasteiger partial charge in [0.2, 0.25) is 5.91 Å². The van der Waals surface area contributed by atoms with Crippen LogP contribution >= 0.6 is 11.5 Å². The van der Waals surface area contributed by atoms with Crippen LogP contribution in [0.3, 0.4) is 0 Å². The number of hydrogen-bond donors (Lipinski definition) is 1. The predicted molar refractivity (Wildman–Crippen MR) is 68.4 cm³/mol. The highest BCUT2D eigenvalue weighted by Gasteiger charge is 2.47. The van der Waals surface area contributed by atoms with Crippen LogP contribution in [-0.4, -0.2) is 29.9 Å². The third kappa shape index (κ3) is 1.68. The molecule has 1 amide bonds. The minimum absolute atomic E-state index is 0.0817. The Morgan fingerprint density at radius 1 is 1.41 bits per heavy atom. The Bertz CT molecular complexity index is 437. The molecule has 3 heterocycles. The monoisotopic (exact) mass is 251 g/mol. The van der Waals surface area contributed by atoms with Crippen LogP contribution in [0.2, 0.25) is 0 Å². The van der Waals surface area contributed by atoms with Gasteiger partial charge >= 0.3 is 0 Å². The second-order valence-electron chi connectivity index (χ2n) is 5.05. The first-order valence-electron chi connectivity index (χ1n) is 6.17. The second-order valence-corrected chi connectivity index (χ2v) is 5.83. The first kappa shape index (κ1) is 11.2. The van der Waals surface area contributed by atoms with Crippen molar-refractivity contribution in [1.82, 2.24) is 9.69 Å². The van der Waals surface area contributed by atoms with Crippen LogP contribution in [0.5, 0.6) is 0 Å². The molecule has 2 aliphatic heterocycles. The van der Waals surface area contributed by atoms with Crippen molar-refractivity contribution in [2.45, 2.75) is 26.2 Å². The van der Waals surface area contributed by atoms with E-state index in [0.717, 1.165) is 49.5 Å². The van der Waals surface area contributed by atoms with Crippen molar-refractivity contribution in [2.75, 3.05) is 24.5 Å². The summed E-state index contributed by atoms with van der Waals surface area (Å²) in [6.07, 6.45) is 4.83. The molecule has 1 aromatic rings. The average Bonchev–Trinajstić information content (AvgIpc) is 2.88. The molecule has 0 aromatic carbocycles. The van der Waals surface area contributed by atoms with Gasteiger partial charge in [-0.15, -0.1) is 0 Å². The summed E-state index contributed by atoms with van der Waals surface area (Å²) in [6.45, 7) is 4.84. The van der Waals surface area contributed by atoms with Gasteiger partial charge in [-0.05, 0) is 50.8 Å². The number of anilines is 1. The van der Waals surface area contributed by atoms with E-state index >= 15 is 0 Å². The number of rotatable bonds is 1. The summed E-state index contributed by atoms with van der Waals surface area (Å²) in [4.78, 5) is 14.6. The number of carbonyl (C=O) groups is 1. The number of piperidine rings is 1. The van der Waals surface area contributed by atoms with E-state index in [2.05, 4.69) is 9.69 Å². The fraction of sp³-hybridized carbons (Fsp3) is 0.667. The molecule has 5 heteroatoms. The number of carbonyl (C=O) groups excluding carboxylic acids is 1.